The molecule has 9 heteroatoms. The number of furan rings is 1. The van der Waals surface area contributed by atoms with Crippen molar-refractivity contribution in [3.8, 4) is 0 Å². The largest absolute Gasteiger partial charge is 0.463 e. The van der Waals surface area contributed by atoms with Gasteiger partial charge in [-0.25, -0.2) is 9.18 Å². The van der Waals surface area contributed by atoms with Crippen LogP contribution in [-0.4, -0.2) is 23.3 Å². The molecule has 0 spiro atoms. The van der Waals surface area contributed by atoms with Gasteiger partial charge in [-0.2, -0.15) is 0 Å². The number of esters is 1. The molecular formula is C15H12FN3O3S2. The van der Waals surface area contributed by atoms with Crippen LogP contribution in [0.1, 0.15) is 16.1 Å². The molecule has 2 heterocycles. The first-order chi connectivity index (χ1) is 11.7. The third-order valence-electron chi connectivity index (χ3n) is 2.97. The van der Waals surface area contributed by atoms with E-state index in [9.17, 15) is 9.18 Å². The molecule has 0 aliphatic heterocycles. The van der Waals surface area contributed by atoms with Gasteiger partial charge in [0.15, 0.2) is 4.34 Å². The Morgan fingerprint density at radius 2 is 2.12 bits per heavy atom. The Balaban J connectivity index is 1.61. The molecule has 0 amide bonds. The summed E-state index contributed by atoms with van der Waals surface area (Å²) in [6.07, 6.45) is 1.45. The topological polar surface area (TPSA) is 77.2 Å². The molecule has 0 saturated carbocycles. The first-order valence-corrected chi connectivity index (χ1v) is 8.59. The molecule has 0 aliphatic carbocycles. The molecule has 6 nitrogen and oxygen atoms in total. The molecule has 1 N–H and O–H groups in total. The number of rotatable bonds is 6. The highest BCUT2D eigenvalue weighted by atomic mass is 32.2. The maximum atomic E-state index is 12.9. The fourth-order valence-corrected chi connectivity index (χ4v) is 3.59. The number of thioether (sulfide) groups is 1. The van der Waals surface area contributed by atoms with Crippen molar-refractivity contribution in [2.24, 2.45) is 0 Å². The summed E-state index contributed by atoms with van der Waals surface area (Å²) in [6.45, 7) is 0. The lowest BCUT2D eigenvalue weighted by molar-refractivity contribution is 0.0564. The highest BCUT2D eigenvalue weighted by Crippen LogP contribution is 2.31. The molecule has 124 valence electrons. The van der Waals surface area contributed by atoms with Gasteiger partial charge in [0.2, 0.25) is 10.9 Å². The summed E-state index contributed by atoms with van der Waals surface area (Å²) in [5, 5.41) is 11.8. The Morgan fingerprint density at radius 1 is 1.33 bits per heavy atom. The number of benzene rings is 1. The van der Waals surface area contributed by atoms with Crippen molar-refractivity contribution >= 4 is 39.9 Å². The number of ether oxygens (including phenoxy) is 1. The smallest absolute Gasteiger partial charge is 0.374 e. The summed E-state index contributed by atoms with van der Waals surface area (Å²) in [5.41, 5.74) is 1.46. The minimum Gasteiger partial charge on any atom is -0.463 e. The summed E-state index contributed by atoms with van der Waals surface area (Å²) >= 11 is 2.79. The first-order valence-electron chi connectivity index (χ1n) is 6.79. The summed E-state index contributed by atoms with van der Waals surface area (Å²) in [7, 11) is 1.31. The highest BCUT2D eigenvalue weighted by molar-refractivity contribution is 8.00. The van der Waals surface area contributed by atoms with E-state index in [-0.39, 0.29) is 11.6 Å². The van der Waals surface area contributed by atoms with Gasteiger partial charge in [0, 0.05) is 17.0 Å². The SMILES string of the molecule is COC(=O)c1occc1CSc1nnc(Nc2ccc(F)cc2)s1. The number of methoxy groups -OCH3 is 1. The van der Waals surface area contributed by atoms with Gasteiger partial charge in [0.25, 0.3) is 0 Å². The van der Waals surface area contributed by atoms with Crippen molar-refractivity contribution in [3.05, 3.63) is 53.7 Å². The molecule has 0 bridgehead atoms. The number of carbonyl (C=O) groups is 1. The van der Waals surface area contributed by atoms with Gasteiger partial charge in [0.1, 0.15) is 5.82 Å². The molecule has 3 aromatic rings. The van der Waals surface area contributed by atoms with E-state index in [4.69, 9.17) is 4.42 Å². The number of carbonyl (C=O) groups excluding carboxylic acids is 1. The average Bonchev–Trinajstić information content (AvgIpc) is 3.23. The first kappa shape index (κ1) is 16.5. The Kier molecular flexibility index (Phi) is 5.11. The second-order valence-corrected chi connectivity index (χ2v) is 6.76. The van der Waals surface area contributed by atoms with Crippen molar-refractivity contribution in [1.29, 1.82) is 0 Å². The minimum atomic E-state index is -0.508. The highest BCUT2D eigenvalue weighted by Gasteiger charge is 2.16. The fraction of sp³-hybridized carbons (Fsp3) is 0.133. The molecule has 0 aliphatic rings. The quantitative estimate of drug-likeness (QED) is 0.521. The second kappa shape index (κ2) is 7.45. The molecule has 1 aromatic carbocycles. The van der Waals surface area contributed by atoms with E-state index in [1.54, 1.807) is 18.2 Å². The summed E-state index contributed by atoms with van der Waals surface area (Å²) in [4.78, 5) is 11.6. The normalized spacial score (nSPS) is 10.6. The lowest BCUT2D eigenvalue weighted by atomic mass is 10.3. The van der Waals surface area contributed by atoms with Crippen LogP contribution in [0.15, 0.2) is 45.4 Å². The maximum Gasteiger partial charge on any atom is 0.374 e. The van der Waals surface area contributed by atoms with E-state index in [0.29, 0.717) is 10.9 Å². The van der Waals surface area contributed by atoms with Crippen LogP contribution in [0, 0.1) is 5.82 Å². The number of halogens is 1. The zero-order chi connectivity index (χ0) is 16.9. The summed E-state index contributed by atoms with van der Waals surface area (Å²) in [5.74, 6) is -0.104. The Bertz CT molecular complexity index is 833. The van der Waals surface area contributed by atoms with Crippen LogP contribution in [0.3, 0.4) is 0 Å². The van der Waals surface area contributed by atoms with Crippen LogP contribution < -0.4 is 5.32 Å². The lowest BCUT2D eigenvalue weighted by Gasteiger charge is -2.00. The number of aromatic nitrogens is 2. The zero-order valence-electron chi connectivity index (χ0n) is 12.5. The van der Waals surface area contributed by atoms with Crippen molar-refractivity contribution in [1.82, 2.24) is 10.2 Å². The molecule has 3 rings (SSSR count). The van der Waals surface area contributed by atoms with Crippen molar-refractivity contribution in [2.75, 3.05) is 12.4 Å². The molecule has 0 saturated heterocycles. The van der Waals surface area contributed by atoms with Crippen LogP contribution in [0.2, 0.25) is 0 Å². The van der Waals surface area contributed by atoms with E-state index >= 15 is 0 Å². The summed E-state index contributed by atoms with van der Waals surface area (Å²) in [6, 6.07) is 7.70. The van der Waals surface area contributed by atoms with Gasteiger partial charge in [-0.05, 0) is 30.3 Å². The third kappa shape index (κ3) is 3.92. The standard InChI is InChI=1S/C15H12FN3O3S2/c1-21-13(20)12-9(6-7-22-12)8-23-15-19-18-14(24-15)17-11-4-2-10(16)3-5-11/h2-7H,8H2,1H3,(H,17,18). The van der Waals surface area contributed by atoms with Crippen molar-refractivity contribution in [2.45, 2.75) is 10.1 Å². The predicted octanol–water partition coefficient (Wildman–Crippen LogP) is 4.09. The van der Waals surface area contributed by atoms with Crippen molar-refractivity contribution in [3.63, 3.8) is 0 Å². The van der Waals surface area contributed by atoms with Gasteiger partial charge >= 0.3 is 5.97 Å². The van der Waals surface area contributed by atoms with E-state index in [0.717, 1.165) is 15.6 Å². The van der Waals surface area contributed by atoms with E-state index in [1.165, 1.54) is 48.6 Å². The van der Waals surface area contributed by atoms with Crippen LogP contribution in [0.25, 0.3) is 0 Å². The molecule has 0 unspecified atom stereocenters. The van der Waals surface area contributed by atoms with E-state index < -0.39 is 5.97 Å². The molecular weight excluding hydrogens is 353 g/mol. The molecule has 0 atom stereocenters. The maximum absolute atomic E-state index is 12.9. The Morgan fingerprint density at radius 3 is 2.88 bits per heavy atom. The predicted molar refractivity (Wildman–Crippen MR) is 89.2 cm³/mol. The third-order valence-corrected chi connectivity index (χ3v) is 4.99. The zero-order valence-corrected chi connectivity index (χ0v) is 14.1. The van der Waals surface area contributed by atoms with Crippen LogP contribution in [0.5, 0.6) is 0 Å². The number of hydrogen-bond acceptors (Lipinski definition) is 8. The second-order valence-electron chi connectivity index (χ2n) is 4.56. The number of nitrogens with zero attached hydrogens (tertiary/aromatic N) is 2. The molecule has 24 heavy (non-hydrogen) atoms. The van der Waals surface area contributed by atoms with E-state index in [2.05, 4.69) is 20.3 Å². The van der Waals surface area contributed by atoms with Crippen LogP contribution in [-0.2, 0) is 10.5 Å². The number of nitrogens with one attached hydrogen (secondary N) is 1. The van der Waals surface area contributed by atoms with Crippen LogP contribution in [0.4, 0.5) is 15.2 Å². The number of anilines is 2. The average molecular weight is 365 g/mol. The van der Waals surface area contributed by atoms with Crippen molar-refractivity contribution < 1.29 is 18.3 Å². The molecule has 0 fully saturated rings. The monoisotopic (exact) mass is 365 g/mol. The fourth-order valence-electron chi connectivity index (χ4n) is 1.84. The Labute approximate surface area is 145 Å². The van der Waals surface area contributed by atoms with Gasteiger partial charge < -0.3 is 14.5 Å². The lowest BCUT2D eigenvalue weighted by Crippen LogP contribution is -2.02. The van der Waals surface area contributed by atoms with Crippen LogP contribution >= 0.6 is 23.1 Å². The minimum absolute atomic E-state index is 0.194. The van der Waals surface area contributed by atoms with Gasteiger partial charge in [-0.3, -0.25) is 0 Å². The number of hydrogen-bond donors (Lipinski definition) is 1. The van der Waals surface area contributed by atoms with Gasteiger partial charge in [-0.15, -0.1) is 10.2 Å². The Hall–Kier alpha value is -2.39. The molecule has 2 aromatic heterocycles. The van der Waals surface area contributed by atoms with Gasteiger partial charge in [0.05, 0.1) is 13.4 Å². The summed E-state index contributed by atoms with van der Waals surface area (Å²) < 4.78 is 23.4. The van der Waals surface area contributed by atoms with E-state index in [1.807, 2.05) is 0 Å². The van der Waals surface area contributed by atoms with Gasteiger partial charge in [-0.1, -0.05) is 23.1 Å². The molecule has 0 radical (unpaired) electrons.